The van der Waals surface area contributed by atoms with E-state index in [9.17, 15) is 9.59 Å². The largest absolute Gasteiger partial charge is 0.459 e. The summed E-state index contributed by atoms with van der Waals surface area (Å²) in [6, 6.07) is 11.9. The van der Waals surface area contributed by atoms with Crippen molar-refractivity contribution in [3.05, 3.63) is 58.3 Å². The van der Waals surface area contributed by atoms with E-state index in [-0.39, 0.29) is 11.8 Å². The highest BCUT2D eigenvalue weighted by atomic mass is 32.1. The highest BCUT2D eigenvalue weighted by molar-refractivity contribution is 7.17. The molecule has 2 amide bonds. The molecule has 3 aromatic rings. The van der Waals surface area contributed by atoms with Gasteiger partial charge in [0.05, 0.1) is 12.2 Å². The Balaban J connectivity index is 1.19. The van der Waals surface area contributed by atoms with Crippen molar-refractivity contribution in [2.45, 2.75) is 20.3 Å². The molecule has 0 spiro atoms. The number of fused-ring (bicyclic) bond motifs is 1. The van der Waals surface area contributed by atoms with Crippen molar-refractivity contribution in [1.82, 2.24) is 14.8 Å². The number of amides is 2. The van der Waals surface area contributed by atoms with Gasteiger partial charge >= 0.3 is 0 Å². The molecular formula is C24H26N4O3S. The van der Waals surface area contributed by atoms with Gasteiger partial charge in [0.2, 0.25) is 5.91 Å². The van der Waals surface area contributed by atoms with Crippen LogP contribution in [0.5, 0.6) is 0 Å². The lowest BCUT2D eigenvalue weighted by Crippen LogP contribution is -2.51. The minimum atomic E-state index is 0.00831. The maximum Gasteiger partial charge on any atom is 0.265 e. The first-order valence-electron chi connectivity index (χ1n) is 10.9. The number of thiazole rings is 1. The number of anilines is 1. The number of nitrogens with zero attached hydrogens (tertiary/aromatic N) is 4. The number of aromatic nitrogens is 1. The fourth-order valence-corrected chi connectivity index (χ4v) is 5.37. The number of para-hydroxylation sites is 1. The van der Waals surface area contributed by atoms with Crippen molar-refractivity contribution in [2.24, 2.45) is 0 Å². The molecule has 4 heterocycles. The predicted octanol–water partition coefficient (Wildman–Crippen LogP) is 3.37. The molecule has 166 valence electrons. The molecule has 2 aromatic heterocycles. The molecule has 0 saturated carbocycles. The number of carbonyl (C=O) groups excluding carboxylic acids is 2. The SMILES string of the molecule is Cc1ccc(-c2nc(C)c(C(=O)N3CCN(CC(=O)N4CCc5ccccc54)CC3)s2)o1. The van der Waals surface area contributed by atoms with Crippen LogP contribution in [0.3, 0.4) is 0 Å². The number of carbonyl (C=O) groups is 2. The summed E-state index contributed by atoms with van der Waals surface area (Å²) in [7, 11) is 0. The number of aryl methyl sites for hydroxylation is 2. The van der Waals surface area contributed by atoms with Gasteiger partial charge in [-0.05, 0) is 44.0 Å². The molecular weight excluding hydrogens is 424 g/mol. The van der Waals surface area contributed by atoms with Crippen LogP contribution < -0.4 is 4.90 Å². The van der Waals surface area contributed by atoms with Gasteiger partial charge in [0.15, 0.2) is 10.8 Å². The van der Waals surface area contributed by atoms with Crippen molar-refractivity contribution in [3.63, 3.8) is 0 Å². The van der Waals surface area contributed by atoms with E-state index in [1.54, 1.807) is 0 Å². The third kappa shape index (κ3) is 3.96. The Morgan fingerprint density at radius 2 is 1.81 bits per heavy atom. The summed E-state index contributed by atoms with van der Waals surface area (Å²) in [6.45, 7) is 7.49. The lowest BCUT2D eigenvalue weighted by atomic mass is 10.2. The average molecular weight is 451 g/mol. The highest BCUT2D eigenvalue weighted by Gasteiger charge is 2.29. The normalized spacial score (nSPS) is 16.4. The number of hydrogen-bond acceptors (Lipinski definition) is 6. The molecule has 1 aromatic carbocycles. The number of rotatable bonds is 4. The molecule has 0 unspecified atom stereocenters. The molecule has 0 radical (unpaired) electrons. The topological polar surface area (TPSA) is 69.9 Å². The van der Waals surface area contributed by atoms with Crippen LogP contribution in [0.4, 0.5) is 5.69 Å². The quantitative estimate of drug-likeness (QED) is 0.610. The van der Waals surface area contributed by atoms with Crippen molar-refractivity contribution in [1.29, 1.82) is 0 Å². The van der Waals surface area contributed by atoms with Crippen LogP contribution in [0.15, 0.2) is 40.8 Å². The first-order valence-corrected chi connectivity index (χ1v) is 11.8. The van der Waals surface area contributed by atoms with Gasteiger partial charge in [0.1, 0.15) is 10.6 Å². The Bertz CT molecular complexity index is 1160. The third-order valence-electron chi connectivity index (χ3n) is 6.15. The lowest BCUT2D eigenvalue weighted by molar-refractivity contribution is -0.120. The molecule has 5 rings (SSSR count). The van der Waals surface area contributed by atoms with E-state index in [2.05, 4.69) is 16.0 Å². The first-order chi connectivity index (χ1) is 15.5. The van der Waals surface area contributed by atoms with Gasteiger partial charge < -0.3 is 14.2 Å². The van der Waals surface area contributed by atoms with Gasteiger partial charge in [-0.3, -0.25) is 14.5 Å². The van der Waals surface area contributed by atoms with E-state index >= 15 is 0 Å². The number of furan rings is 1. The van der Waals surface area contributed by atoms with Gasteiger partial charge in [-0.25, -0.2) is 4.98 Å². The summed E-state index contributed by atoms with van der Waals surface area (Å²) < 4.78 is 5.66. The minimum absolute atomic E-state index is 0.00831. The van der Waals surface area contributed by atoms with Crippen LogP contribution in [-0.2, 0) is 11.2 Å². The van der Waals surface area contributed by atoms with Gasteiger partial charge in [0.25, 0.3) is 5.91 Å². The van der Waals surface area contributed by atoms with Crippen molar-refractivity contribution in [3.8, 4) is 10.8 Å². The molecule has 1 saturated heterocycles. The molecule has 32 heavy (non-hydrogen) atoms. The molecule has 0 bridgehead atoms. The van der Waals surface area contributed by atoms with Gasteiger partial charge in [0, 0.05) is 38.4 Å². The van der Waals surface area contributed by atoms with Crippen LogP contribution in [0.25, 0.3) is 10.8 Å². The van der Waals surface area contributed by atoms with Crippen molar-refractivity contribution in [2.75, 3.05) is 44.2 Å². The zero-order valence-electron chi connectivity index (χ0n) is 18.3. The molecule has 0 N–H and O–H groups in total. The summed E-state index contributed by atoms with van der Waals surface area (Å²) in [5.74, 6) is 1.66. The maximum atomic E-state index is 13.1. The number of hydrogen-bond donors (Lipinski definition) is 0. The number of benzene rings is 1. The summed E-state index contributed by atoms with van der Waals surface area (Å²) in [5, 5.41) is 0.731. The third-order valence-corrected chi connectivity index (χ3v) is 7.31. The lowest BCUT2D eigenvalue weighted by Gasteiger charge is -2.35. The average Bonchev–Trinajstić information content (AvgIpc) is 3.51. The smallest absolute Gasteiger partial charge is 0.265 e. The van der Waals surface area contributed by atoms with Crippen molar-refractivity contribution < 1.29 is 14.0 Å². The zero-order valence-corrected chi connectivity index (χ0v) is 19.2. The standard InChI is InChI=1S/C24H26N4O3S/c1-16-7-8-20(31-16)23-25-17(2)22(32-23)24(30)27-13-11-26(12-14-27)15-21(29)28-10-9-18-5-3-4-6-19(18)28/h3-8H,9-15H2,1-2H3. The molecule has 0 atom stereocenters. The summed E-state index contributed by atoms with van der Waals surface area (Å²) in [6.07, 6.45) is 0.915. The fraction of sp³-hybridized carbons (Fsp3) is 0.375. The fourth-order valence-electron chi connectivity index (χ4n) is 4.38. The predicted molar refractivity (Wildman–Crippen MR) is 124 cm³/mol. The zero-order chi connectivity index (χ0) is 22.2. The van der Waals surface area contributed by atoms with Gasteiger partial charge in [-0.2, -0.15) is 0 Å². The second-order valence-electron chi connectivity index (χ2n) is 8.34. The second-order valence-corrected chi connectivity index (χ2v) is 9.34. The molecule has 2 aliphatic rings. The Hall–Kier alpha value is -2.97. The van der Waals surface area contributed by atoms with E-state index < -0.39 is 0 Å². The second kappa shape index (κ2) is 8.52. The van der Waals surface area contributed by atoms with Gasteiger partial charge in [-0.1, -0.05) is 18.2 Å². The summed E-state index contributed by atoms with van der Waals surface area (Å²) >= 11 is 1.38. The number of piperazine rings is 1. The van der Waals surface area contributed by atoms with Crippen LogP contribution in [-0.4, -0.2) is 65.9 Å². The minimum Gasteiger partial charge on any atom is -0.459 e. The maximum absolute atomic E-state index is 13.1. The van der Waals surface area contributed by atoms with E-state index in [0.29, 0.717) is 43.4 Å². The Kier molecular flexibility index (Phi) is 5.57. The van der Waals surface area contributed by atoms with E-state index in [0.717, 1.165) is 35.1 Å². The van der Waals surface area contributed by atoms with Crippen LogP contribution in [0.2, 0.25) is 0 Å². The van der Waals surface area contributed by atoms with E-state index in [1.165, 1.54) is 16.9 Å². The van der Waals surface area contributed by atoms with Gasteiger partial charge in [-0.15, -0.1) is 11.3 Å². The monoisotopic (exact) mass is 450 g/mol. The Labute approximate surface area is 191 Å². The molecule has 0 aliphatic carbocycles. The Morgan fingerprint density at radius 3 is 2.56 bits per heavy atom. The van der Waals surface area contributed by atoms with Crippen LogP contribution >= 0.6 is 11.3 Å². The Morgan fingerprint density at radius 1 is 1.03 bits per heavy atom. The van der Waals surface area contributed by atoms with Crippen LogP contribution in [0.1, 0.15) is 26.7 Å². The summed E-state index contributed by atoms with van der Waals surface area (Å²) in [5.41, 5.74) is 3.00. The summed E-state index contributed by atoms with van der Waals surface area (Å²) in [4.78, 5) is 37.1. The molecule has 8 heteroatoms. The van der Waals surface area contributed by atoms with E-state index in [4.69, 9.17) is 4.42 Å². The first kappa shape index (κ1) is 20.9. The van der Waals surface area contributed by atoms with E-state index in [1.807, 2.05) is 54.0 Å². The molecule has 7 nitrogen and oxygen atoms in total. The molecule has 1 fully saturated rings. The van der Waals surface area contributed by atoms with Crippen molar-refractivity contribution >= 4 is 28.8 Å². The van der Waals surface area contributed by atoms with Crippen LogP contribution in [0, 0.1) is 13.8 Å². The molecule has 2 aliphatic heterocycles. The highest BCUT2D eigenvalue weighted by Crippen LogP contribution is 2.30.